The maximum atomic E-state index is 14.3. The molecule has 0 aromatic heterocycles. The minimum atomic E-state index is -4.76. The zero-order chi connectivity index (χ0) is 29.2. The standard InChI is InChI=1S/C30H30F3NO6/c1-5-39-28(36)23-16(3)34-22-15-20(17-10-9-11-18(14-17)38-4)25(29(37)40-6-2)27(35)26(22)24(23)19-12-7-8-13-21(19)30(31,32)33/h7-14,20,24-26H,5-6,15H2,1-4H3/t20-,24+,25+,26?/m0/s1. The lowest BCUT2D eigenvalue weighted by Gasteiger charge is -2.41. The summed E-state index contributed by atoms with van der Waals surface area (Å²) in [4.78, 5) is 45.3. The van der Waals surface area contributed by atoms with Gasteiger partial charge >= 0.3 is 18.1 Å². The molecule has 1 fully saturated rings. The monoisotopic (exact) mass is 557 g/mol. The van der Waals surface area contributed by atoms with E-state index in [1.807, 2.05) is 0 Å². The Morgan fingerprint density at radius 3 is 2.35 bits per heavy atom. The Kier molecular flexibility index (Phi) is 8.46. The fourth-order valence-corrected chi connectivity index (χ4v) is 5.71. The summed E-state index contributed by atoms with van der Waals surface area (Å²) in [7, 11) is 1.49. The van der Waals surface area contributed by atoms with Gasteiger partial charge in [0, 0.05) is 23.2 Å². The normalized spacial score (nSPS) is 22.8. The Bertz CT molecular complexity index is 1380. The summed E-state index contributed by atoms with van der Waals surface area (Å²) >= 11 is 0. The Labute approximate surface area is 230 Å². The van der Waals surface area contributed by atoms with Gasteiger partial charge in [0.25, 0.3) is 0 Å². The molecule has 2 aromatic carbocycles. The third-order valence-corrected chi connectivity index (χ3v) is 7.31. The van der Waals surface area contributed by atoms with Gasteiger partial charge in [0.1, 0.15) is 11.7 Å². The molecule has 0 N–H and O–H groups in total. The number of allylic oxidation sites excluding steroid dienone is 1. The van der Waals surface area contributed by atoms with Gasteiger partial charge in [-0.25, -0.2) is 4.79 Å². The molecule has 2 aliphatic rings. The molecule has 10 heteroatoms. The van der Waals surface area contributed by atoms with Crippen LogP contribution in [-0.2, 0) is 30.0 Å². The molecule has 40 heavy (non-hydrogen) atoms. The largest absolute Gasteiger partial charge is 0.497 e. The number of Topliss-reactive ketones (excluding diaryl/α,β-unsaturated/α-hetero) is 1. The zero-order valence-electron chi connectivity index (χ0n) is 22.6. The van der Waals surface area contributed by atoms with E-state index in [1.54, 1.807) is 38.1 Å². The molecule has 1 aliphatic heterocycles. The lowest BCUT2D eigenvalue weighted by molar-refractivity contribution is -0.154. The van der Waals surface area contributed by atoms with Gasteiger partial charge in [-0.1, -0.05) is 30.3 Å². The van der Waals surface area contributed by atoms with Gasteiger partial charge in [-0.2, -0.15) is 13.2 Å². The number of aliphatic imine (C=N–C) groups is 1. The third kappa shape index (κ3) is 5.39. The van der Waals surface area contributed by atoms with Gasteiger partial charge in [0.05, 0.1) is 37.4 Å². The summed E-state index contributed by atoms with van der Waals surface area (Å²) in [6.45, 7) is 4.67. The molecule has 0 radical (unpaired) electrons. The van der Waals surface area contributed by atoms with Gasteiger partial charge in [-0.15, -0.1) is 0 Å². The van der Waals surface area contributed by atoms with E-state index in [4.69, 9.17) is 14.2 Å². The summed E-state index contributed by atoms with van der Waals surface area (Å²) < 4.78 is 58.5. The van der Waals surface area contributed by atoms with Crippen LogP contribution in [0.5, 0.6) is 5.75 Å². The summed E-state index contributed by atoms with van der Waals surface area (Å²) in [6.07, 6.45) is -4.68. The smallest absolute Gasteiger partial charge is 0.416 e. The van der Waals surface area contributed by atoms with Gasteiger partial charge in [0.15, 0.2) is 5.78 Å². The first kappa shape index (κ1) is 29.0. The van der Waals surface area contributed by atoms with E-state index < -0.39 is 53.1 Å². The Morgan fingerprint density at radius 1 is 1.00 bits per heavy atom. The molecule has 4 atom stereocenters. The van der Waals surface area contributed by atoms with Crippen LogP contribution in [0.15, 0.2) is 64.8 Å². The molecule has 2 aromatic rings. The van der Waals surface area contributed by atoms with Gasteiger partial charge in [-0.3, -0.25) is 14.6 Å². The molecular weight excluding hydrogens is 527 g/mol. The topological polar surface area (TPSA) is 91.3 Å². The van der Waals surface area contributed by atoms with Gasteiger partial charge < -0.3 is 14.2 Å². The van der Waals surface area contributed by atoms with Crippen molar-refractivity contribution in [2.75, 3.05) is 20.3 Å². The predicted octanol–water partition coefficient (Wildman–Crippen LogP) is 5.64. The molecule has 0 saturated heterocycles. The quantitative estimate of drug-likeness (QED) is 0.323. The average Bonchev–Trinajstić information content (AvgIpc) is 2.91. The van der Waals surface area contributed by atoms with Crippen LogP contribution in [0.1, 0.15) is 55.7 Å². The van der Waals surface area contributed by atoms with Crippen molar-refractivity contribution in [2.24, 2.45) is 16.8 Å². The summed E-state index contributed by atoms with van der Waals surface area (Å²) in [5.41, 5.74) is -0.291. The number of ketones is 1. The average molecular weight is 558 g/mol. The van der Waals surface area contributed by atoms with E-state index in [-0.39, 0.29) is 36.5 Å². The first-order chi connectivity index (χ1) is 19.0. The van der Waals surface area contributed by atoms with Crippen molar-refractivity contribution in [3.8, 4) is 5.75 Å². The van der Waals surface area contributed by atoms with Crippen molar-refractivity contribution in [1.82, 2.24) is 0 Å². The number of methoxy groups -OCH3 is 1. The van der Waals surface area contributed by atoms with E-state index in [0.717, 1.165) is 6.07 Å². The molecule has 4 rings (SSSR count). The maximum Gasteiger partial charge on any atom is 0.416 e. The van der Waals surface area contributed by atoms with Gasteiger partial charge in [-0.05, 0) is 56.5 Å². The van der Waals surface area contributed by atoms with Crippen LogP contribution in [0.4, 0.5) is 13.2 Å². The number of ether oxygens (including phenoxy) is 3. The molecule has 1 aliphatic carbocycles. The molecule has 0 bridgehead atoms. The van der Waals surface area contributed by atoms with Crippen LogP contribution in [0.3, 0.4) is 0 Å². The van der Waals surface area contributed by atoms with E-state index in [2.05, 4.69) is 4.99 Å². The molecule has 212 valence electrons. The lowest BCUT2D eigenvalue weighted by Crippen LogP contribution is -2.49. The first-order valence-corrected chi connectivity index (χ1v) is 13.0. The molecule has 1 unspecified atom stereocenters. The Balaban J connectivity index is 1.95. The molecular formula is C30H30F3NO6. The number of hydrogen-bond donors (Lipinski definition) is 0. The van der Waals surface area contributed by atoms with Crippen molar-refractivity contribution < 1.29 is 41.8 Å². The number of fused-ring (bicyclic) bond motifs is 1. The number of rotatable bonds is 7. The Morgan fingerprint density at radius 2 is 1.70 bits per heavy atom. The number of alkyl halides is 3. The van der Waals surface area contributed by atoms with Crippen molar-refractivity contribution in [3.05, 3.63) is 76.5 Å². The molecule has 1 saturated carbocycles. The van der Waals surface area contributed by atoms with Crippen molar-refractivity contribution in [1.29, 1.82) is 0 Å². The maximum absolute atomic E-state index is 14.3. The van der Waals surface area contributed by atoms with Crippen molar-refractivity contribution in [2.45, 2.75) is 45.2 Å². The fraction of sp³-hybridized carbons (Fsp3) is 0.400. The number of nitrogens with zero attached hydrogens (tertiary/aromatic N) is 1. The van der Waals surface area contributed by atoms with E-state index in [9.17, 15) is 27.6 Å². The SMILES string of the molecule is CCOC(=O)C1=C(C)N=C2C[C@@H](c3cccc(OC)c3)[C@@H](C(=O)OCC)C(=O)C2[C@@H]1c1ccccc1C(F)(F)F. The number of carbonyl (C=O) groups is 3. The summed E-state index contributed by atoms with van der Waals surface area (Å²) in [5, 5.41) is 0. The summed E-state index contributed by atoms with van der Waals surface area (Å²) in [5.74, 6) is -6.50. The zero-order valence-corrected chi connectivity index (χ0v) is 22.6. The lowest BCUT2D eigenvalue weighted by atomic mass is 9.61. The number of benzene rings is 2. The highest BCUT2D eigenvalue weighted by atomic mass is 19.4. The summed E-state index contributed by atoms with van der Waals surface area (Å²) in [6, 6.07) is 11.7. The Hall–Kier alpha value is -3.95. The van der Waals surface area contributed by atoms with Crippen molar-refractivity contribution in [3.63, 3.8) is 0 Å². The number of halogens is 3. The number of esters is 2. The third-order valence-electron chi connectivity index (χ3n) is 7.31. The number of carbonyl (C=O) groups excluding carboxylic acids is 3. The second-order valence-corrected chi connectivity index (χ2v) is 9.58. The highest BCUT2D eigenvalue weighted by molar-refractivity contribution is 6.18. The molecule has 1 heterocycles. The number of hydrogen-bond acceptors (Lipinski definition) is 7. The second-order valence-electron chi connectivity index (χ2n) is 9.58. The predicted molar refractivity (Wildman–Crippen MR) is 140 cm³/mol. The molecule has 0 amide bonds. The first-order valence-electron chi connectivity index (χ1n) is 13.0. The van der Waals surface area contributed by atoms with E-state index in [0.29, 0.717) is 17.0 Å². The minimum Gasteiger partial charge on any atom is -0.497 e. The highest BCUT2D eigenvalue weighted by Crippen LogP contribution is 2.50. The van der Waals surface area contributed by atoms with Crippen LogP contribution >= 0.6 is 0 Å². The van der Waals surface area contributed by atoms with E-state index in [1.165, 1.54) is 32.2 Å². The van der Waals surface area contributed by atoms with Crippen LogP contribution in [0.2, 0.25) is 0 Å². The van der Waals surface area contributed by atoms with Crippen LogP contribution < -0.4 is 4.74 Å². The van der Waals surface area contributed by atoms with Crippen LogP contribution in [0, 0.1) is 11.8 Å². The minimum absolute atomic E-state index is 0.00643. The fourth-order valence-electron chi connectivity index (χ4n) is 5.71. The van der Waals surface area contributed by atoms with Gasteiger partial charge in [0.2, 0.25) is 0 Å². The van der Waals surface area contributed by atoms with Crippen LogP contribution in [-0.4, -0.2) is 43.8 Å². The van der Waals surface area contributed by atoms with E-state index >= 15 is 0 Å². The second kappa shape index (κ2) is 11.7. The van der Waals surface area contributed by atoms with Crippen molar-refractivity contribution >= 4 is 23.4 Å². The molecule has 0 spiro atoms. The highest BCUT2D eigenvalue weighted by Gasteiger charge is 2.54. The van der Waals surface area contributed by atoms with Crippen LogP contribution in [0.25, 0.3) is 0 Å². The molecule has 7 nitrogen and oxygen atoms in total.